The molecule has 0 rings (SSSR count). The molecule has 98 valence electrons. The van der Waals surface area contributed by atoms with Gasteiger partial charge in [-0.05, 0) is 26.7 Å². The van der Waals surface area contributed by atoms with E-state index in [2.05, 4.69) is 11.9 Å². The second-order valence-corrected chi connectivity index (χ2v) is 4.15. The van der Waals surface area contributed by atoms with Gasteiger partial charge in [0.2, 0.25) is 0 Å². The van der Waals surface area contributed by atoms with Crippen molar-refractivity contribution in [1.29, 1.82) is 0 Å². The number of aliphatic carboxylic acids is 1. The Hall–Kier alpha value is -1.52. The quantitative estimate of drug-likeness (QED) is 0.669. The highest BCUT2D eigenvalue weighted by molar-refractivity contribution is 5.82. The van der Waals surface area contributed by atoms with Crippen molar-refractivity contribution in [1.82, 2.24) is 10.2 Å². The lowest BCUT2D eigenvalue weighted by molar-refractivity contribution is -0.139. The second kappa shape index (κ2) is 7.70. The minimum Gasteiger partial charge on any atom is -0.480 e. The van der Waals surface area contributed by atoms with Crippen LogP contribution in [0.5, 0.6) is 0 Å². The Kier molecular flexibility index (Phi) is 7.02. The number of nitrogens with one attached hydrogen (secondary N) is 1. The van der Waals surface area contributed by atoms with E-state index in [1.54, 1.807) is 4.90 Å². The molecule has 0 aromatic rings. The highest BCUT2D eigenvalue weighted by Gasteiger charge is 2.22. The van der Waals surface area contributed by atoms with E-state index >= 15 is 0 Å². The summed E-state index contributed by atoms with van der Waals surface area (Å²) in [6.45, 7) is 9.87. The van der Waals surface area contributed by atoms with E-state index < -0.39 is 12.0 Å². The van der Waals surface area contributed by atoms with E-state index in [1.165, 1.54) is 6.08 Å². The standard InChI is InChI=1S/C12H22N2O3/c1-5-7-10(11(15)16)13-12(17)14(8-6-2)9(3)4/h5,9-10H,1,6-8H2,2-4H3,(H,13,17)(H,15,16). The summed E-state index contributed by atoms with van der Waals surface area (Å²) < 4.78 is 0. The van der Waals surface area contributed by atoms with Gasteiger partial charge in [0.25, 0.3) is 0 Å². The summed E-state index contributed by atoms with van der Waals surface area (Å²) in [5.41, 5.74) is 0. The maximum atomic E-state index is 11.9. The van der Waals surface area contributed by atoms with Crippen LogP contribution in [-0.2, 0) is 4.79 Å². The average molecular weight is 242 g/mol. The van der Waals surface area contributed by atoms with Gasteiger partial charge in [0.15, 0.2) is 0 Å². The molecule has 0 saturated carbocycles. The number of carboxylic acids is 1. The third kappa shape index (κ3) is 5.38. The fraction of sp³-hybridized carbons (Fsp3) is 0.667. The molecule has 1 atom stereocenters. The van der Waals surface area contributed by atoms with Gasteiger partial charge < -0.3 is 15.3 Å². The molecule has 0 spiro atoms. The number of carbonyl (C=O) groups is 2. The van der Waals surface area contributed by atoms with E-state index in [4.69, 9.17) is 5.11 Å². The average Bonchev–Trinajstić information content (AvgIpc) is 2.24. The van der Waals surface area contributed by atoms with Gasteiger partial charge >= 0.3 is 12.0 Å². The predicted molar refractivity (Wildman–Crippen MR) is 66.9 cm³/mol. The molecule has 2 N–H and O–H groups in total. The molecule has 5 heteroatoms. The highest BCUT2D eigenvalue weighted by atomic mass is 16.4. The lowest BCUT2D eigenvalue weighted by atomic mass is 10.2. The van der Waals surface area contributed by atoms with Crippen molar-refractivity contribution in [3.05, 3.63) is 12.7 Å². The zero-order valence-corrected chi connectivity index (χ0v) is 10.8. The molecule has 0 saturated heterocycles. The maximum absolute atomic E-state index is 11.9. The van der Waals surface area contributed by atoms with E-state index in [9.17, 15) is 9.59 Å². The van der Waals surface area contributed by atoms with Crippen LogP contribution in [0.4, 0.5) is 4.79 Å². The summed E-state index contributed by atoms with van der Waals surface area (Å²) in [7, 11) is 0. The van der Waals surface area contributed by atoms with Crippen LogP contribution in [0.3, 0.4) is 0 Å². The number of rotatable bonds is 7. The third-order valence-corrected chi connectivity index (χ3v) is 2.35. The van der Waals surface area contributed by atoms with Crippen LogP contribution in [0.15, 0.2) is 12.7 Å². The van der Waals surface area contributed by atoms with Crippen molar-refractivity contribution in [3.8, 4) is 0 Å². The number of nitrogens with zero attached hydrogens (tertiary/aromatic N) is 1. The normalized spacial score (nSPS) is 12.0. The summed E-state index contributed by atoms with van der Waals surface area (Å²) in [5.74, 6) is -1.04. The monoisotopic (exact) mass is 242 g/mol. The van der Waals surface area contributed by atoms with Gasteiger partial charge in [0, 0.05) is 12.6 Å². The molecule has 17 heavy (non-hydrogen) atoms. The first-order valence-electron chi connectivity index (χ1n) is 5.84. The first kappa shape index (κ1) is 15.5. The number of carboxylic acid groups (broad SMARTS) is 1. The van der Waals surface area contributed by atoms with Gasteiger partial charge in [-0.25, -0.2) is 9.59 Å². The van der Waals surface area contributed by atoms with Crippen LogP contribution in [-0.4, -0.2) is 40.6 Å². The first-order valence-corrected chi connectivity index (χ1v) is 5.84. The van der Waals surface area contributed by atoms with Crippen molar-refractivity contribution < 1.29 is 14.7 Å². The van der Waals surface area contributed by atoms with Crippen LogP contribution in [0, 0.1) is 0 Å². The van der Waals surface area contributed by atoms with Crippen LogP contribution in [0.2, 0.25) is 0 Å². The van der Waals surface area contributed by atoms with Crippen LogP contribution < -0.4 is 5.32 Å². The zero-order valence-electron chi connectivity index (χ0n) is 10.8. The molecule has 5 nitrogen and oxygen atoms in total. The van der Waals surface area contributed by atoms with Crippen molar-refractivity contribution >= 4 is 12.0 Å². The molecule has 0 aromatic heterocycles. The zero-order chi connectivity index (χ0) is 13.4. The Balaban J connectivity index is 4.55. The molecule has 0 aliphatic rings. The minimum absolute atomic E-state index is 0.0492. The van der Waals surface area contributed by atoms with Gasteiger partial charge in [-0.1, -0.05) is 13.0 Å². The molecule has 0 heterocycles. The van der Waals surface area contributed by atoms with Crippen molar-refractivity contribution in [3.63, 3.8) is 0 Å². The fourth-order valence-corrected chi connectivity index (χ4v) is 1.46. The smallest absolute Gasteiger partial charge is 0.326 e. The topological polar surface area (TPSA) is 69.6 Å². The molecule has 0 bridgehead atoms. The van der Waals surface area contributed by atoms with Gasteiger partial charge in [0.1, 0.15) is 6.04 Å². The van der Waals surface area contributed by atoms with E-state index in [1.807, 2.05) is 20.8 Å². The molecule has 0 aliphatic carbocycles. The van der Waals surface area contributed by atoms with Gasteiger partial charge in [-0.2, -0.15) is 0 Å². The van der Waals surface area contributed by atoms with Crippen LogP contribution in [0.25, 0.3) is 0 Å². The van der Waals surface area contributed by atoms with E-state index in [-0.39, 0.29) is 18.5 Å². The predicted octanol–water partition coefficient (Wildman–Crippen LogP) is 1.85. The summed E-state index contributed by atoms with van der Waals surface area (Å²) in [5, 5.41) is 11.4. The minimum atomic E-state index is -1.04. The third-order valence-electron chi connectivity index (χ3n) is 2.35. The number of hydrogen-bond acceptors (Lipinski definition) is 2. The number of hydrogen-bond donors (Lipinski definition) is 2. The lowest BCUT2D eigenvalue weighted by Gasteiger charge is -2.28. The van der Waals surface area contributed by atoms with E-state index in [0.717, 1.165) is 6.42 Å². The second-order valence-electron chi connectivity index (χ2n) is 4.15. The Bertz CT molecular complexity index is 277. The molecule has 0 aliphatic heterocycles. The number of urea groups is 1. The summed E-state index contributed by atoms with van der Waals surface area (Å²) >= 11 is 0. The Morgan fingerprint density at radius 2 is 2.06 bits per heavy atom. The van der Waals surface area contributed by atoms with Crippen molar-refractivity contribution in [2.45, 2.75) is 45.7 Å². The van der Waals surface area contributed by atoms with Crippen LogP contribution in [0.1, 0.15) is 33.6 Å². The van der Waals surface area contributed by atoms with Gasteiger partial charge in [0.05, 0.1) is 0 Å². The SMILES string of the molecule is C=CCC(NC(=O)N(CCC)C(C)C)C(=O)O. The van der Waals surface area contributed by atoms with Crippen molar-refractivity contribution in [2.75, 3.05) is 6.54 Å². The molecule has 0 aromatic carbocycles. The van der Waals surface area contributed by atoms with Crippen LogP contribution >= 0.6 is 0 Å². The van der Waals surface area contributed by atoms with Gasteiger partial charge in [-0.3, -0.25) is 0 Å². The molecule has 2 amide bonds. The number of carbonyl (C=O) groups excluding carboxylic acids is 1. The lowest BCUT2D eigenvalue weighted by Crippen LogP contribution is -2.50. The Morgan fingerprint density at radius 1 is 1.47 bits per heavy atom. The summed E-state index contributed by atoms with van der Waals surface area (Å²) in [6, 6.07) is -1.19. The molecule has 0 radical (unpaired) electrons. The van der Waals surface area contributed by atoms with Crippen molar-refractivity contribution in [2.24, 2.45) is 0 Å². The van der Waals surface area contributed by atoms with E-state index in [0.29, 0.717) is 6.54 Å². The molecule has 1 unspecified atom stereocenters. The Morgan fingerprint density at radius 3 is 2.41 bits per heavy atom. The summed E-state index contributed by atoms with van der Waals surface area (Å²) in [6.07, 6.45) is 2.54. The molecular formula is C12H22N2O3. The maximum Gasteiger partial charge on any atom is 0.326 e. The number of amides is 2. The highest BCUT2D eigenvalue weighted by Crippen LogP contribution is 2.02. The largest absolute Gasteiger partial charge is 0.480 e. The molecular weight excluding hydrogens is 220 g/mol. The van der Waals surface area contributed by atoms with Gasteiger partial charge in [-0.15, -0.1) is 6.58 Å². The first-order chi connectivity index (χ1) is 7.93. The fourth-order valence-electron chi connectivity index (χ4n) is 1.46. The summed E-state index contributed by atoms with van der Waals surface area (Å²) in [4.78, 5) is 24.4. The Labute approximate surface area is 102 Å². The molecule has 0 fully saturated rings.